The molecule has 4 rings (SSSR count). The van der Waals surface area contributed by atoms with Crippen LogP contribution < -0.4 is 10.3 Å². The molecular weight excluding hydrogens is 454 g/mol. The molecule has 2 aliphatic rings. The topological polar surface area (TPSA) is 76.0 Å². The number of thioether (sulfide) groups is 1. The van der Waals surface area contributed by atoms with E-state index in [1.54, 1.807) is 45.9 Å². The van der Waals surface area contributed by atoms with E-state index in [1.165, 1.54) is 0 Å². The van der Waals surface area contributed by atoms with Gasteiger partial charge in [-0.3, -0.25) is 4.79 Å². The third kappa shape index (κ3) is 5.04. The van der Waals surface area contributed by atoms with Crippen molar-refractivity contribution in [2.75, 3.05) is 27.4 Å². The second-order valence-corrected chi connectivity index (χ2v) is 10.4. The largest absolute Gasteiger partial charge is 0.493 e. The number of esters is 1. The van der Waals surface area contributed by atoms with Gasteiger partial charge in [-0.25, -0.2) is 4.79 Å². The Kier molecular flexibility index (Phi) is 7.70. The van der Waals surface area contributed by atoms with Crippen molar-refractivity contribution in [1.29, 1.82) is 0 Å². The van der Waals surface area contributed by atoms with E-state index < -0.39 is 5.97 Å². The van der Waals surface area contributed by atoms with Crippen LogP contribution in [-0.4, -0.2) is 44.1 Å². The third-order valence-electron chi connectivity index (χ3n) is 5.95. The molecule has 8 heteroatoms. The maximum atomic E-state index is 13.5. The number of methoxy groups -OCH3 is 2. The number of carbonyl (C=O) groups is 1. The molecule has 1 aliphatic heterocycles. The van der Waals surface area contributed by atoms with Gasteiger partial charge in [-0.15, -0.1) is 11.8 Å². The third-order valence-corrected chi connectivity index (χ3v) is 7.15. The molecule has 1 atom stereocenters. The first-order valence-electron chi connectivity index (χ1n) is 11.8. The van der Waals surface area contributed by atoms with Crippen molar-refractivity contribution in [3.63, 3.8) is 0 Å². The monoisotopic (exact) mass is 487 g/mol. The second kappa shape index (κ2) is 10.5. The summed E-state index contributed by atoms with van der Waals surface area (Å²) in [6, 6.07) is 5.98. The summed E-state index contributed by atoms with van der Waals surface area (Å²) in [5.41, 5.74) is 3.64. The summed E-state index contributed by atoms with van der Waals surface area (Å²) in [6.07, 6.45) is 2.36. The molecule has 1 aliphatic carbocycles. The van der Waals surface area contributed by atoms with Gasteiger partial charge in [-0.1, -0.05) is 0 Å². The van der Waals surface area contributed by atoms with E-state index in [-0.39, 0.29) is 28.5 Å². The minimum Gasteiger partial charge on any atom is -0.493 e. The lowest BCUT2D eigenvalue weighted by Gasteiger charge is -2.29. The number of carbonyl (C=O) groups excluding carboxylic acids is 1. The molecule has 2 aromatic rings. The van der Waals surface area contributed by atoms with Crippen LogP contribution >= 0.6 is 11.8 Å². The zero-order valence-electron chi connectivity index (χ0n) is 20.5. The van der Waals surface area contributed by atoms with Crippen LogP contribution in [0.15, 0.2) is 27.9 Å². The summed E-state index contributed by atoms with van der Waals surface area (Å²) in [5, 5.41) is 0.0633. The highest BCUT2D eigenvalue weighted by molar-refractivity contribution is 7.99. The van der Waals surface area contributed by atoms with E-state index in [2.05, 4.69) is 19.1 Å². The van der Waals surface area contributed by atoms with E-state index in [4.69, 9.17) is 18.9 Å². The maximum Gasteiger partial charge on any atom is 0.344 e. The Morgan fingerprint density at radius 2 is 1.91 bits per heavy atom. The average molecular weight is 488 g/mol. The number of pyridine rings is 1. The van der Waals surface area contributed by atoms with Crippen molar-refractivity contribution in [1.82, 2.24) is 4.57 Å². The van der Waals surface area contributed by atoms with Gasteiger partial charge in [0.05, 0.1) is 25.0 Å². The summed E-state index contributed by atoms with van der Waals surface area (Å²) in [6.45, 7) is 7.27. The Hall–Kier alpha value is -2.29. The highest BCUT2D eigenvalue weighted by Crippen LogP contribution is 2.52. The molecule has 0 N–H and O–H groups in total. The number of ether oxygens (including phenoxy) is 4. The number of fused-ring (bicyclic) bond motifs is 3. The van der Waals surface area contributed by atoms with Crippen LogP contribution in [0.5, 0.6) is 5.75 Å². The van der Waals surface area contributed by atoms with E-state index in [0.717, 1.165) is 52.3 Å². The normalized spacial score (nSPS) is 16.8. The SMILES string of the molecule is COCCCOc1cc2c(cc1COC)-c1c(cc(C(=O)OC(C)C)c(=O)n1C1CC1)C(C)S2. The number of hydrogen-bond acceptors (Lipinski definition) is 7. The average Bonchev–Trinajstić information content (AvgIpc) is 3.62. The van der Waals surface area contributed by atoms with Gasteiger partial charge in [0, 0.05) is 54.6 Å². The zero-order valence-corrected chi connectivity index (χ0v) is 21.3. The molecule has 0 radical (unpaired) electrons. The second-order valence-electron chi connectivity index (χ2n) is 9.07. The molecule has 0 spiro atoms. The number of rotatable bonds is 10. The molecule has 1 aromatic heterocycles. The molecule has 1 saturated carbocycles. The van der Waals surface area contributed by atoms with Gasteiger partial charge in [-0.2, -0.15) is 0 Å². The van der Waals surface area contributed by atoms with Crippen LogP contribution in [0.4, 0.5) is 0 Å². The smallest absolute Gasteiger partial charge is 0.344 e. The van der Waals surface area contributed by atoms with Gasteiger partial charge < -0.3 is 23.5 Å². The van der Waals surface area contributed by atoms with Crippen LogP contribution in [0, 0.1) is 0 Å². The van der Waals surface area contributed by atoms with Crippen LogP contribution in [0.2, 0.25) is 0 Å². The van der Waals surface area contributed by atoms with Gasteiger partial charge in [0.1, 0.15) is 11.3 Å². The Morgan fingerprint density at radius 1 is 1.15 bits per heavy atom. The molecule has 1 aromatic carbocycles. The summed E-state index contributed by atoms with van der Waals surface area (Å²) in [4.78, 5) is 27.4. The first-order valence-corrected chi connectivity index (χ1v) is 12.7. The number of aromatic nitrogens is 1. The first kappa shape index (κ1) is 24.8. The van der Waals surface area contributed by atoms with E-state index in [9.17, 15) is 9.59 Å². The number of hydrogen-bond donors (Lipinski definition) is 0. The summed E-state index contributed by atoms with van der Waals surface area (Å²) >= 11 is 1.71. The standard InChI is InChI=1S/C26H33NO6S/c1-15(2)33-26(29)21-12-19-16(3)34-23-13-22(32-10-6-9-30-4)17(14-31-5)11-20(23)24(19)27(25(21)28)18-7-8-18/h11-13,15-16,18H,6-10,14H2,1-5H3. The fourth-order valence-corrected chi connectivity index (χ4v) is 5.43. The van der Waals surface area contributed by atoms with Crippen molar-refractivity contribution in [2.24, 2.45) is 0 Å². The maximum absolute atomic E-state index is 13.5. The van der Waals surface area contributed by atoms with Crippen molar-refractivity contribution in [3.8, 4) is 17.0 Å². The van der Waals surface area contributed by atoms with E-state index in [0.29, 0.717) is 19.8 Å². The van der Waals surface area contributed by atoms with Gasteiger partial charge >= 0.3 is 5.97 Å². The van der Waals surface area contributed by atoms with Crippen LogP contribution in [0.3, 0.4) is 0 Å². The fraction of sp³-hybridized carbons (Fsp3) is 0.538. The minimum atomic E-state index is -0.555. The highest BCUT2D eigenvalue weighted by atomic mass is 32.2. The molecule has 34 heavy (non-hydrogen) atoms. The molecule has 0 saturated heterocycles. The highest BCUT2D eigenvalue weighted by Gasteiger charge is 2.36. The summed E-state index contributed by atoms with van der Waals surface area (Å²) in [7, 11) is 3.34. The molecule has 0 amide bonds. The van der Waals surface area contributed by atoms with Crippen LogP contribution in [0.25, 0.3) is 11.3 Å². The molecular formula is C26H33NO6S. The summed E-state index contributed by atoms with van der Waals surface area (Å²) in [5.74, 6) is 0.234. The van der Waals surface area contributed by atoms with Crippen molar-refractivity contribution < 1.29 is 23.7 Å². The Morgan fingerprint density at radius 3 is 2.56 bits per heavy atom. The van der Waals surface area contributed by atoms with Crippen molar-refractivity contribution in [3.05, 3.63) is 45.2 Å². The van der Waals surface area contributed by atoms with Gasteiger partial charge in [0.2, 0.25) is 0 Å². The van der Waals surface area contributed by atoms with Gasteiger partial charge in [0.25, 0.3) is 5.56 Å². The van der Waals surface area contributed by atoms with E-state index in [1.807, 2.05) is 4.57 Å². The molecule has 2 heterocycles. The molecule has 1 fully saturated rings. The predicted molar refractivity (Wildman–Crippen MR) is 132 cm³/mol. The van der Waals surface area contributed by atoms with Crippen LogP contribution in [0.1, 0.15) is 72.8 Å². The predicted octanol–water partition coefficient (Wildman–Crippen LogP) is 5.14. The van der Waals surface area contributed by atoms with Gasteiger partial charge in [0.15, 0.2) is 0 Å². The quantitative estimate of drug-likeness (QED) is 0.339. The zero-order chi connectivity index (χ0) is 24.4. The van der Waals surface area contributed by atoms with E-state index >= 15 is 0 Å². The summed E-state index contributed by atoms with van der Waals surface area (Å²) < 4.78 is 23.9. The van der Waals surface area contributed by atoms with Crippen LogP contribution in [-0.2, 0) is 20.8 Å². The lowest BCUT2D eigenvalue weighted by Crippen LogP contribution is -2.31. The molecule has 1 unspecified atom stereocenters. The molecule has 0 bridgehead atoms. The Balaban J connectivity index is 1.84. The molecule has 7 nitrogen and oxygen atoms in total. The van der Waals surface area contributed by atoms with Crippen molar-refractivity contribution in [2.45, 2.75) is 68.9 Å². The lowest BCUT2D eigenvalue weighted by molar-refractivity contribution is 0.0375. The number of benzene rings is 1. The first-order chi connectivity index (χ1) is 16.3. The minimum absolute atomic E-state index is 0.0633. The van der Waals surface area contributed by atoms with Crippen molar-refractivity contribution >= 4 is 17.7 Å². The number of nitrogens with zero attached hydrogens (tertiary/aromatic N) is 1. The Bertz CT molecular complexity index is 1120. The Labute approximate surface area is 204 Å². The fourth-order valence-electron chi connectivity index (χ4n) is 4.29. The molecule has 184 valence electrons. The lowest BCUT2D eigenvalue weighted by atomic mass is 9.98. The van der Waals surface area contributed by atoms with Gasteiger partial charge in [-0.05, 0) is 57.4 Å².